The summed E-state index contributed by atoms with van der Waals surface area (Å²) >= 11 is 0. The molecule has 1 aliphatic rings. The molecule has 1 atom stereocenters. The molecule has 0 bridgehead atoms. The second-order valence-electron chi connectivity index (χ2n) is 7.64. The highest BCUT2D eigenvalue weighted by Crippen LogP contribution is 2.19. The Labute approximate surface area is 166 Å². The topological polar surface area (TPSA) is 58.3 Å². The van der Waals surface area contributed by atoms with Crippen LogP contribution >= 0.6 is 0 Å². The standard InChI is InChI=1S/C22H28N6/c1-16-25-26-21-11-9-18(15-28(16)21)13-24-22(23-2)27(3)14-17-8-10-19-6-4-5-7-20(19)12-17/h4-8,10,12,18H,9,11,13-15H2,1-3H3,(H,23,24). The zero-order valence-electron chi connectivity index (χ0n) is 16.9. The minimum absolute atomic E-state index is 0.563. The molecule has 28 heavy (non-hydrogen) atoms. The zero-order valence-corrected chi connectivity index (χ0v) is 16.9. The quantitative estimate of drug-likeness (QED) is 0.562. The fourth-order valence-corrected chi connectivity index (χ4v) is 4.00. The average molecular weight is 377 g/mol. The fourth-order valence-electron chi connectivity index (χ4n) is 4.00. The van der Waals surface area contributed by atoms with E-state index in [0.29, 0.717) is 5.92 Å². The number of nitrogens with zero attached hydrogens (tertiary/aromatic N) is 5. The van der Waals surface area contributed by atoms with Crippen molar-refractivity contribution < 1.29 is 0 Å². The molecular formula is C22H28N6. The molecule has 6 heteroatoms. The summed E-state index contributed by atoms with van der Waals surface area (Å²) in [5.41, 5.74) is 1.28. The lowest BCUT2D eigenvalue weighted by atomic mass is 9.99. The van der Waals surface area contributed by atoms with Crippen molar-refractivity contribution in [2.45, 2.75) is 32.9 Å². The van der Waals surface area contributed by atoms with Crippen LogP contribution in [0.2, 0.25) is 0 Å². The van der Waals surface area contributed by atoms with Gasteiger partial charge in [-0.3, -0.25) is 4.99 Å². The lowest BCUT2D eigenvalue weighted by Gasteiger charge is -2.27. The van der Waals surface area contributed by atoms with Crippen LogP contribution in [-0.4, -0.2) is 46.3 Å². The van der Waals surface area contributed by atoms with Crippen molar-refractivity contribution in [1.29, 1.82) is 0 Å². The third-order valence-corrected chi connectivity index (χ3v) is 5.59. The molecule has 1 unspecified atom stereocenters. The Morgan fingerprint density at radius 1 is 1.21 bits per heavy atom. The molecule has 0 fully saturated rings. The van der Waals surface area contributed by atoms with Gasteiger partial charge in [0.05, 0.1) is 0 Å². The van der Waals surface area contributed by atoms with Crippen molar-refractivity contribution in [2.75, 3.05) is 20.6 Å². The Kier molecular flexibility index (Phi) is 5.28. The second-order valence-corrected chi connectivity index (χ2v) is 7.64. The molecule has 0 amide bonds. The van der Waals surface area contributed by atoms with Gasteiger partial charge in [-0.15, -0.1) is 10.2 Å². The molecular weight excluding hydrogens is 348 g/mol. The molecule has 2 aromatic carbocycles. The minimum atomic E-state index is 0.563. The molecule has 1 aromatic heterocycles. The van der Waals surface area contributed by atoms with Crippen LogP contribution in [0.5, 0.6) is 0 Å². The summed E-state index contributed by atoms with van der Waals surface area (Å²) in [6.45, 7) is 4.74. The highest BCUT2D eigenvalue weighted by molar-refractivity contribution is 5.83. The number of hydrogen-bond acceptors (Lipinski definition) is 3. The summed E-state index contributed by atoms with van der Waals surface area (Å²) in [6.07, 6.45) is 2.13. The molecule has 1 N–H and O–H groups in total. The van der Waals surface area contributed by atoms with Gasteiger partial charge in [0.25, 0.3) is 0 Å². The first-order chi connectivity index (χ1) is 13.6. The highest BCUT2D eigenvalue weighted by atomic mass is 15.3. The van der Waals surface area contributed by atoms with Crippen molar-refractivity contribution in [1.82, 2.24) is 25.0 Å². The van der Waals surface area contributed by atoms with Crippen LogP contribution in [0.25, 0.3) is 10.8 Å². The molecule has 0 spiro atoms. The number of aryl methyl sites for hydroxylation is 2. The highest BCUT2D eigenvalue weighted by Gasteiger charge is 2.22. The van der Waals surface area contributed by atoms with Gasteiger partial charge in [0.15, 0.2) is 5.96 Å². The van der Waals surface area contributed by atoms with Gasteiger partial charge < -0.3 is 14.8 Å². The summed E-state index contributed by atoms with van der Waals surface area (Å²) in [7, 11) is 3.94. The Morgan fingerprint density at radius 2 is 2.04 bits per heavy atom. The molecule has 6 nitrogen and oxygen atoms in total. The van der Waals surface area contributed by atoms with E-state index in [-0.39, 0.29) is 0 Å². The molecule has 0 radical (unpaired) electrons. The summed E-state index contributed by atoms with van der Waals surface area (Å²) in [5, 5.41) is 14.6. The third kappa shape index (κ3) is 3.86. The van der Waals surface area contributed by atoms with Crippen LogP contribution < -0.4 is 5.32 Å². The number of hydrogen-bond donors (Lipinski definition) is 1. The lowest BCUT2D eigenvalue weighted by Crippen LogP contribution is -2.42. The summed E-state index contributed by atoms with van der Waals surface area (Å²) in [5.74, 6) is 3.62. The van der Waals surface area contributed by atoms with Crippen molar-refractivity contribution >= 4 is 16.7 Å². The van der Waals surface area contributed by atoms with Crippen molar-refractivity contribution in [3.05, 3.63) is 59.7 Å². The first-order valence-electron chi connectivity index (χ1n) is 9.92. The average Bonchev–Trinajstić information content (AvgIpc) is 3.09. The predicted molar refractivity (Wildman–Crippen MR) is 113 cm³/mol. The lowest BCUT2D eigenvalue weighted by molar-refractivity contribution is 0.352. The molecule has 0 saturated carbocycles. The van der Waals surface area contributed by atoms with Crippen LogP contribution in [0, 0.1) is 12.8 Å². The summed E-state index contributed by atoms with van der Waals surface area (Å²) in [4.78, 5) is 6.67. The maximum Gasteiger partial charge on any atom is 0.193 e. The second kappa shape index (κ2) is 8.00. The normalized spacial score (nSPS) is 16.8. The van der Waals surface area contributed by atoms with E-state index in [4.69, 9.17) is 0 Å². The van der Waals surface area contributed by atoms with Crippen molar-refractivity contribution in [2.24, 2.45) is 10.9 Å². The van der Waals surface area contributed by atoms with E-state index < -0.39 is 0 Å². The molecule has 3 aromatic rings. The Bertz CT molecular complexity index is 990. The predicted octanol–water partition coefficient (Wildman–Crippen LogP) is 3.01. The number of aromatic nitrogens is 3. The Morgan fingerprint density at radius 3 is 2.86 bits per heavy atom. The maximum atomic E-state index is 4.48. The number of aliphatic imine (C=N–C) groups is 1. The molecule has 0 saturated heterocycles. The zero-order chi connectivity index (χ0) is 19.5. The van der Waals surface area contributed by atoms with Gasteiger partial charge >= 0.3 is 0 Å². The third-order valence-electron chi connectivity index (χ3n) is 5.59. The van der Waals surface area contributed by atoms with E-state index in [1.165, 1.54) is 16.3 Å². The molecule has 1 aliphatic heterocycles. The molecule has 146 valence electrons. The number of guanidine groups is 1. The van der Waals surface area contributed by atoms with Gasteiger partial charge in [-0.05, 0) is 41.7 Å². The van der Waals surface area contributed by atoms with E-state index in [0.717, 1.165) is 50.1 Å². The summed E-state index contributed by atoms with van der Waals surface area (Å²) in [6, 6.07) is 15.1. The SMILES string of the molecule is CN=C(NCC1CCc2nnc(C)n2C1)N(C)Cc1ccc2ccccc2c1. The number of nitrogens with one attached hydrogen (secondary N) is 1. The summed E-state index contributed by atoms with van der Waals surface area (Å²) < 4.78 is 2.25. The monoisotopic (exact) mass is 376 g/mol. The van der Waals surface area contributed by atoms with Gasteiger partial charge in [-0.1, -0.05) is 36.4 Å². The van der Waals surface area contributed by atoms with Crippen LogP contribution in [0.4, 0.5) is 0 Å². The first kappa shape index (κ1) is 18.5. The van der Waals surface area contributed by atoms with Crippen molar-refractivity contribution in [3.8, 4) is 0 Å². The molecule has 0 aliphatic carbocycles. The van der Waals surface area contributed by atoms with Gasteiger partial charge in [0.2, 0.25) is 0 Å². The van der Waals surface area contributed by atoms with E-state index in [1.807, 2.05) is 14.0 Å². The van der Waals surface area contributed by atoms with E-state index in [1.54, 1.807) is 0 Å². The van der Waals surface area contributed by atoms with Crippen molar-refractivity contribution in [3.63, 3.8) is 0 Å². The minimum Gasteiger partial charge on any atom is -0.356 e. The van der Waals surface area contributed by atoms with Gasteiger partial charge in [0, 0.05) is 40.2 Å². The van der Waals surface area contributed by atoms with Gasteiger partial charge in [0.1, 0.15) is 11.6 Å². The largest absolute Gasteiger partial charge is 0.356 e. The molecule has 2 heterocycles. The van der Waals surface area contributed by atoms with E-state index in [9.17, 15) is 0 Å². The Hall–Kier alpha value is -2.89. The molecule has 4 rings (SSSR count). The maximum absolute atomic E-state index is 4.48. The smallest absolute Gasteiger partial charge is 0.193 e. The van der Waals surface area contributed by atoms with Crippen LogP contribution in [0.3, 0.4) is 0 Å². The van der Waals surface area contributed by atoms with E-state index >= 15 is 0 Å². The number of benzene rings is 2. The van der Waals surface area contributed by atoms with Gasteiger partial charge in [-0.2, -0.15) is 0 Å². The van der Waals surface area contributed by atoms with Gasteiger partial charge in [-0.25, -0.2) is 0 Å². The number of rotatable bonds is 4. The van der Waals surface area contributed by atoms with Crippen LogP contribution in [0.1, 0.15) is 23.6 Å². The fraction of sp³-hybridized carbons (Fsp3) is 0.409. The van der Waals surface area contributed by atoms with Crippen LogP contribution in [-0.2, 0) is 19.5 Å². The van der Waals surface area contributed by atoms with E-state index in [2.05, 4.69) is 79.5 Å². The van der Waals surface area contributed by atoms with Crippen LogP contribution in [0.15, 0.2) is 47.5 Å². The first-order valence-corrected chi connectivity index (χ1v) is 9.92. The Balaban J connectivity index is 1.36. The number of fused-ring (bicyclic) bond motifs is 2.